The number of hydrogen-bond acceptors (Lipinski definition) is 7. The summed E-state index contributed by atoms with van der Waals surface area (Å²) in [5, 5.41) is 17.7. The smallest absolute Gasteiger partial charge is 0.343 e. The van der Waals surface area contributed by atoms with Gasteiger partial charge in [-0.05, 0) is 134 Å². The number of ether oxygens (including phenoxy) is 3. The zero-order chi connectivity index (χ0) is 45.4. The van der Waals surface area contributed by atoms with Crippen molar-refractivity contribution in [2.24, 2.45) is 22.7 Å². The second-order valence-corrected chi connectivity index (χ2v) is 19.5. The first-order chi connectivity index (χ1) is 29.9. The topological polar surface area (TPSA) is 140 Å². The van der Waals surface area contributed by atoms with Gasteiger partial charge in [-0.15, -0.1) is 0 Å². The molecule has 2 aliphatic carbocycles. The molecule has 0 radical (unpaired) electrons. The Morgan fingerprint density at radius 2 is 1.05 bits per heavy atom. The molecule has 14 heteroatoms. The summed E-state index contributed by atoms with van der Waals surface area (Å²) in [6.45, 7) is 7.72. The highest BCUT2D eigenvalue weighted by molar-refractivity contribution is 6.32. The number of carbonyl (C=O) groups excluding carboxylic acids is 3. The molecule has 0 spiro atoms. The Labute approximate surface area is 388 Å². The van der Waals surface area contributed by atoms with Gasteiger partial charge in [0.2, 0.25) is 11.8 Å². The summed E-state index contributed by atoms with van der Waals surface area (Å²) in [6, 6.07) is 26.8. The van der Waals surface area contributed by atoms with Crippen LogP contribution in [0.25, 0.3) is 0 Å². The summed E-state index contributed by atoms with van der Waals surface area (Å²) in [6.07, 6.45) is 3.22. The Balaban J connectivity index is 0.000000189. The van der Waals surface area contributed by atoms with E-state index in [1.165, 1.54) is 7.11 Å². The lowest BCUT2D eigenvalue weighted by atomic mass is 9.56. The number of methoxy groups -OCH3 is 1. The Kier molecular flexibility index (Phi) is 14.0. The summed E-state index contributed by atoms with van der Waals surface area (Å²) in [4.78, 5) is 47.9. The van der Waals surface area contributed by atoms with E-state index in [4.69, 9.17) is 61.0 Å². The summed E-state index contributed by atoms with van der Waals surface area (Å²) in [7, 11) is 1.32. The van der Waals surface area contributed by atoms with Crippen molar-refractivity contribution in [3.05, 3.63) is 127 Å². The van der Waals surface area contributed by atoms with Crippen LogP contribution in [0.3, 0.4) is 0 Å². The van der Waals surface area contributed by atoms with Gasteiger partial charge in [0.05, 0.1) is 17.9 Å². The Hall–Kier alpha value is -4.48. The molecule has 63 heavy (non-hydrogen) atoms. The van der Waals surface area contributed by atoms with E-state index in [0.717, 1.165) is 47.9 Å². The first-order valence-corrected chi connectivity index (χ1v) is 22.7. The lowest BCUT2D eigenvalue weighted by Crippen LogP contribution is -2.42. The fourth-order valence-electron chi connectivity index (χ4n) is 11.2. The molecule has 4 aromatic carbocycles. The monoisotopic (exact) mass is 936 g/mol. The third-order valence-corrected chi connectivity index (χ3v) is 15.3. The van der Waals surface area contributed by atoms with Crippen molar-refractivity contribution >= 4 is 70.2 Å². The van der Waals surface area contributed by atoms with Crippen LogP contribution in [0.15, 0.2) is 84.9 Å². The second-order valence-electron chi connectivity index (χ2n) is 17.8. The maximum atomic E-state index is 12.9. The van der Waals surface area contributed by atoms with Crippen LogP contribution in [-0.2, 0) is 23.9 Å². The van der Waals surface area contributed by atoms with Crippen molar-refractivity contribution in [1.82, 2.24) is 10.6 Å². The minimum atomic E-state index is -1.04. The van der Waals surface area contributed by atoms with E-state index in [2.05, 4.69) is 55.2 Å². The highest BCUT2D eigenvalue weighted by Gasteiger charge is 2.59. The molecule has 8 rings (SSSR count). The number of fused-ring (bicyclic) bond motifs is 2. The van der Waals surface area contributed by atoms with E-state index in [0.29, 0.717) is 31.6 Å². The highest BCUT2D eigenvalue weighted by atomic mass is 35.5. The average Bonchev–Trinajstić information content (AvgIpc) is 3.63. The fourth-order valence-corrected chi connectivity index (χ4v) is 12.0. The molecule has 2 saturated heterocycles. The normalized spacial score (nSPS) is 29.5. The van der Waals surface area contributed by atoms with Gasteiger partial charge in [-0.25, -0.2) is 9.59 Å². The molecule has 10 nitrogen and oxygen atoms in total. The summed E-state index contributed by atoms with van der Waals surface area (Å²) in [5.41, 5.74) is 3.44. The van der Waals surface area contributed by atoms with Crippen LogP contribution >= 0.6 is 46.4 Å². The van der Waals surface area contributed by atoms with Gasteiger partial charge in [0, 0.05) is 44.0 Å². The number of esters is 1. The van der Waals surface area contributed by atoms with E-state index in [1.807, 2.05) is 54.6 Å². The van der Waals surface area contributed by atoms with Crippen molar-refractivity contribution < 1.29 is 38.5 Å². The minimum Gasteiger partial charge on any atom is -0.482 e. The molecule has 4 aromatic rings. The van der Waals surface area contributed by atoms with Crippen molar-refractivity contribution in [2.45, 2.75) is 89.1 Å². The number of amides is 2. The van der Waals surface area contributed by atoms with E-state index < -0.39 is 29.4 Å². The van der Waals surface area contributed by atoms with Gasteiger partial charge in [-0.1, -0.05) is 96.6 Å². The maximum Gasteiger partial charge on any atom is 0.343 e. The molecule has 2 saturated carbocycles. The zero-order valence-electron chi connectivity index (χ0n) is 35.8. The number of halogens is 4. The molecule has 2 amide bonds. The third-order valence-electron chi connectivity index (χ3n) is 14.1. The molecule has 0 bridgehead atoms. The quantitative estimate of drug-likeness (QED) is 0.134. The van der Waals surface area contributed by atoms with E-state index in [-0.39, 0.29) is 66.0 Å². The minimum absolute atomic E-state index is 0.0397. The molecular weight excluding hydrogens is 886 g/mol. The molecule has 10 atom stereocenters. The summed E-state index contributed by atoms with van der Waals surface area (Å²) in [5.74, 6) is 0.337. The maximum absolute atomic E-state index is 12.9. The number of nitrogens with one attached hydrogen (secondary N) is 2. The molecule has 0 unspecified atom stereocenters. The lowest BCUT2D eigenvalue weighted by Gasteiger charge is -2.46. The van der Waals surface area contributed by atoms with Gasteiger partial charge in [-0.3, -0.25) is 9.59 Å². The first kappa shape index (κ1) is 46.5. The van der Waals surface area contributed by atoms with E-state index >= 15 is 0 Å². The predicted molar refractivity (Wildman–Crippen MR) is 244 cm³/mol. The SMILES string of the molecule is COC(=O)COc1ccc([C@@H]2CC[C@@]3(C)C(=O)N[C@H](C)[C@H]3[C@H]2c2ccc(Cl)cc2)c(Cl)c1.C[C@H]1NC(=O)[C@]2(C)CC[C@@H](c3ccc(OCC(=O)O)cc3Cl)[C@H](c3ccc(Cl)cc3)[C@H]12. The number of rotatable bonds is 10. The average molecular weight is 939 g/mol. The van der Waals surface area contributed by atoms with Gasteiger partial charge >= 0.3 is 11.9 Å². The molecule has 4 fully saturated rings. The van der Waals surface area contributed by atoms with Gasteiger partial charge in [0.1, 0.15) is 11.5 Å². The van der Waals surface area contributed by atoms with Crippen molar-refractivity contribution in [2.75, 3.05) is 20.3 Å². The Bertz CT molecular complexity index is 2360. The molecule has 334 valence electrons. The number of carboxylic acid groups (broad SMARTS) is 1. The van der Waals surface area contributed by atoms with Crippen molar-refractivity contribution in [3.63, 3.8) is 0 Å². The van der Waals surface area contributed by atoms with Crippen LogP contribution in [0.4, 0.5) is 0 Å². The summed E-state index contributed by atoms with van der Waals surface area (Å²) >= 11 is 25.7. The number of carboxylic acids is 1. The van der Waals surface area contributed by atoms with Crippen LogP contribution in [-0.4, -0.2) is 61.3 Å². The lowest BCUT2D eigenvalue weighted by molar-refractivity contribution is -0.143. The van der Waals surface area contributed by atoms with Crippen molar-refractivity contribution in [3.8, 4) is 11.5 Å². The van der Waals surface area contributed by atoms with E-state index in [9.17, 15) is 19.2 Å². The second kappa shape index (κ2) is 18.9. The molecule has 0 aromatic heterocycles. The standard InChI is InChI=1S/C25H27Cl2NO4.C24H25Cl2NO4/c1-14-23-22(15-4-6-16(26)7-5-15)19(10-11-25(23,2)24(30)28-14)18-9-8-17(12-20(18)27)32-13-21(29)31-3;1-13-22-21(14-3-5-15(25)6-4-14)18(9-10-24(22,2)23(30)27-13)17-8-7-16(11-19(17)26)31-12-20(28)29/h4-9,12,14,19,22-23H,10-11,13H2,1-3H3,(H,28,30);3-8,11,13,18,21-22H,9-10,12H2,1-2H3,(H,27,30)(H,28,29)/t14-,19+,22+,23+,25-;13-,18+,21+,22+,24-/m11/s1. The first-order valence-electron chi connectivity index (χ1n) is 21.2. The third kappa shape index (κ3) is 9.38. The number of carbonyl (C=O) groups is 4. The highest BCUT2D eigenvalue weighted by Crippen LogP contribution is 2.61. The number of aliphatic carboxylic acids is 1. The van der Waals surface area contributed by atoms with Gasteiger partial charge in [-0.2, -0.15) is 0 Å². The van der Waals surface area contributed by atoms with Gasteiger partial charge in [0.25, 0.3) is 0 Å². The zero-order valence-corrected chi connectivity index (χ0v) is 38.8. The summed E-state index contributed by atoms with van der Waals surface area (Å²) < 4.78 is 15.4. The molecule has 3 N–H and O–H groups in total. The molecular formula is C49H52Cl4N2O8. The van der Waals surface area contributed by atoms with E-state index in [1.54, 1.807) is 18.2 Å². The number of benzene rings is 4. The van der Waals surface area contributed by atoms with Gasteiger partial charge in [0.15, 0.2) is 13.2 Å². The Morgan fingerprint density at radius 3 is 1.41 bits per heavy atom. The van der Waals surface area contributed by atoms with Crippen molar-refractivity contribution in [1.29, 1.82) is 0 Å². The molecule has 2 heterocycles. The van der Waals surface area contributed by atoms with Crippen LogP contribution < -0.4 is 20.1 Å². The largest absolute Gasteiger partial charge is 0.482 e. The number of hydrogen-bond donors (Lipinski definition) is 3. The van der Waals surface area contributed by atoms with Crippen LogP contribution in [0, 0.1) is 22.7 Å². The van der Waals surface area contributed by atoms with Crippen LogP contribution in [0.5, 0.6) is 11.5 Å². The predicted octanol–water partition coefficient (Wildman–Crippen LogP) is 10.6. The van der Waals surface area contributed by atoms with Gasteiger partial charge < -0.3 is 30.0 Å². The van der Waals surface area contributed by atoms with Crippen LogP contribution in [0.2, 0.25) is 20.1 Å². The fraction of sp³-hybridized carbons (Fsp3) is 0.429. The molecule has 2 aliphatic heterocycles. The molecule has 4 aliphatic rings. The Morgan fingerprint density at radius 1 is 0.651 bits per heavy atom. The van der Waals surface area contributed by atoms with Crippen LogP contribution in [0.1, 0.15) is 99.3 Å².